The fourth-order valence-corrected chi connectivity index (χ4v) is 3.31. The highest BCUT2D eigenvalue weighted by molar-refractivity contribution is 5.79. The van der Waals surface area contributed by atoms with E-state index in [4.69, 9.17) is 4.74 Å². The van der Waals surface area contributed by atoms with Crippen molar-refractivity contribution in [2.45, 2.75) is 32.6 Å². The molecule has 0 aliphatic carbocycles. The van der Waals surface area contributed by atoms with Crippen LogP contribution >= 0.6 is 0 Å². The van der Waals surface area contributed by atoms with Crippen molar-refractivity contribution in [1.29, 1.82) is 0 Å². The van der Waals surface area contributed by atoms with E-state index >= 15 is 0 Å². The van der Waals surface area contributed by atoms with E-state index in [2.05, 4.69) is 32.7 Å². The predicted octanol–water partition coefficient (Wildman–Crippen LogP) is 2.46. The Balaban J connectivity index is 1.85. The zero-order chi connectivity index (χ0) is 21.8. The number of aliphatic imine (C=N–C) groups is 1. The van der Waals surface area contributed by atoms with Gasteiger partial charge in [0.25, 0.3) is 0 Å². The van der Waals surface area contributed by atoms with Crippen LogP contribution in [0.5, 0.6) is 0 Å². The molecular formula is C21H34F3N5O. The van der Waals surface area contributed by atoms with Gasteiger partial charge in [0.2, 0.25) is 0 Å². The second kappa shape index (κ2) is 12.8. The lowest BCUT2D eigenvalue weighted by atomic mass is 10.1. The van der Waals surface area contributed by atoms with Crippen molar-refractivity contribution in [3.63, 3.8) is 0 Å². The Labute approximate surface area is 177 Å². The largest absolute Gasteiger partial charge is 0.401 e. The third-order valence-electron chi connectivity index (χ3n) is 4.83. The Hall–Kier alpha value is -1.84. The highest BCUT2D eigenvalue weighted by Crippen LogP contribution is 2.15. The Bertz CT molecular complexity index is 648. The van der Waals surface area contributed by atoms with Crippen molar-refractivity contribution in [1.82, 2.24) is 20.4 Å². The number of rotatable bonds is 10. The standard InChI is InChI=1S/C21H34F3N5O/c1-3-25-20(26-9-6-10-28(2)17-21(22,23)24)27-15-18-7-4-5-8-19(18)16-29-11-13-30-14-12-29/h4-5,7-8H,3,6,9-17H2,1-2H3,(H2,25,26,27). The van der Waals surface area contributed by atoms with Crippen LogP contribution in [0.3, 0.4) is 0 Å². The summed E-state index contributed by atoms with van der Waals surface area (Å²) >= 11 is 0. The van der Waals surface area contributed by atoms with Gasteiger partial charge in [-0.3, -0.25) is 9.80 Å². The summed E-state index contributed by atoms with van der Waals surface area (Å²) in [6.07, 6.45) is -3.56. The van der Waals surface area contributed by atoms with Crippen LogP contribution in [0.2, 0.25) is 0 Å². The molecule has 0 spiro atoms. The molecule has 1 fully saturated rings. The van der Waals surface area contributed by atoms with E-state index in [0.717, 1.165) is 39.4 Å². The van der Waals surface area contributed by atoms with Crippen LogP contribution in [0.15, 0.2) is 29.3 Å². The highest BCUT2D eigenvalue weighted by atomic mass is 19.4. The van der Waals surface area contributed by atoms with Crippen LogP contribution in [0.1, 0.15) is 24.5 Å². The smallest absolute Gasteiger partial charge is 0.379 e. The third kappa shape index (κ3) is 9.77. The van der Waals surface area contributed by atoms with E-state index in [1.807, 2.05) is 19.1 Å². The Kier molecular flexibility index (Phi) is 10.4. The topological polar surface area (TPSA) is 52.1 Å². The fourth-order valence-electron chi connectivity index (χ4n) is 3.31. The van der Waals surface area contributed by atoms with E-state index in [1.165, 1.54) is 23.1 Å². The first-order valence-electron chi connectivity index (χ1n) is 10.5. The first-order valence-corrected chi connectivity index (χ1v) is 10.5. The van der Waals surface area contributed by atoms with E-state index in [9.17, 15) is 13.2 Å². The highest BCUT2D eigenvalue weighted by Gasteiger charge is 2.28. The molecule has 6 nitrogen and oxygen atoms in total. The number of hydrogen-bond donors (Lipinski definition) is 2. The molecule has 1 saturated heterocycles. The lowest BCUT2D eigenvalue weighted by molar-refractivity contribution is -0.143. The van der Waals surface area contributed by atoms with Crippen LogP contribution in [0, 0.1) is 0 Å². The summed E-state index contributed by atoms with van der Waals surface area (Å²) in [4.78, 5) is 8.34. The molecule has 0 saturated carbocycles. The van der Waals surface area contributed by atoms with Crippen molar-refractivity contribution in [3.05, 3.63) is 35.4 Å². The van der Waals surface area contributed by atoms with Gasteiger partial charge in [0.1, 0.15) is 0 Å². The lowest BCUT2D eigenvalue weighted by Crippen LogP contribution is -2.39. The molecule has 1 heterocycles. The maximum Gasteiger partial charge on any atom is 0.401 e. The number of alkyl halides is 3. The van der Waals surface area contributed by atoms with E-state index in [0.29, 0.717) is 32.0 Å². The molecule has 0 bridgehead atoms. The van der Waals surface area contributed by atoms with Gasteiger partial charge in [-0.15, -0.1) is 0 Å². The van der Waals surface area contributed by atoms with Gasteiger partial charge in [-0.25, -0.2) is 4.99 Å². The molecule has 1 aliphatic heterocycles. The molecule has 30 heavy (non-hydrogen) atoms. The van der Waals surface area contributed by atoms with Crippen molar-refractivity contribution < 1.29 is 17.9 Å². The molecule has 0 atom stereocenters. The second-order valence-corrected chi connectivity index (χ2v) is 7.49. The first kappa shape index (κ1) is 24.4. The molecule has 1 aliphatic rings. The first-order chi connectivity index (χ1) is 14.4. The lowest BCUT2D eigenvalue weighted by Gasteiger charge is -2.27. The van der Waals surface area contributed by atoms with Gasteiger partial charge in [-0.05, 0) is 38.1 Å². The SMILES string of the molecule is CCNC(=NCc1ccccc1CN1CCOCC1)NCCCN(C)CC(F)(F)F. The molecular weight excluding hydrogens is 395 g/mol. The van der Waals surface area contributed by atoms with Gasteiger partial charge in [0, 0.05) is 32.7 Å². The number of ether oxygens (including phenoxy) is 1. The molecule has 0 aromatic heterocycles. The van der Waals surface area contributed by atoms with Gasteiger partial charge in [0.05, 0.1) is 26.3 Å². The van der Waals surface area contributed by atoms with E-state index < -0.39 is 12.7 Å². The number of guanidine groups is 1. The summed E-state index contributed by atoms with van der Waals surface area (Å²) in [6.45, 7) is 7.58. The number of benzene rings is 1. The minimum absolute atomic E-state index is 0.369. The maximum absolute atomic E-state index is 12.4. The van der Waals surface area contributed by atoms with Crippen LogP contribution in [0.4, 0.5) is 13.2 Å². The average Bonchev–Trinajstić information content (AvgIpc) is 2.69. The Morgan fingerprint density at radius 1 is 1.17 bits per heavy atom. The van der Waals surface area contributed by atoms with Gasteiger partial charge < -0.3 is 15.4 Å². The zero-order valence-electron chi connectivity index (χ0n) is 18.0. The number of halogens is 3. The summed E-state index contributed by atoms with van der Waals surface area (Å²) < 4.78 is 42.6. The summed E-state index contributed by atoms with van der Waals surface area (Å²) in [5, 5.41) is 6.41. The predicted molar refractivity (Wildman–Crippen MR) is 114 cm³/mol. The van der Waals surface area contributed by atoms with Gasteiger partial charge in [0.15, 0.2) is 5.96 Å². The summed E-state index contributed by atoms with van der Waals surface area (Å²) in [5.41, 5.74) is 2.43. The maximum atomic E-state index is 12.4. The molecule has 0 radical (unpaired) electrons. The minimum atomic E-state index is -4.16. The fraction of sp³-hybridized carbons (Fsp3) is 0.667. The van der Waals surface area contributed by atoms with Crippen molar-refractivity contribution >= 4 is 5.96 Å². The normalized spacial score (nSPS) is 16.1. The zero-order valence-corrected chi connectivity index (χ0v) is 18.0. The van der Waals surface area contributed by atoms with Gasteiger partial charge in [-0.2, -0.15) is 13.2 Å². The monoisotopic (exact) mass is 429 g/mol. The number of morpholine rings is 1. The van der Waals surface area contributed by atoms with Crippen LogP contribution in [-0.4, -0.2) is 81.5 Å². The van der Waals surface area contributed by atoms with E-state index in [1.54, 1.807) is 0 Å². The van der Waals surface area contributed by atoms with Gasteiger partial charge >= 0.3 is 6.18 Å². The van der Waals surface area contributed by atoms with Crippen LogP contribution in [0.25, 0.3) is 0 Å². The minimum Gasteiger partial charge on any atom is -0.379 e. The van der Waals surface area contributed by atoms with Crippen LogP contribution < -0.4 is 10.6 Å². The second-order valence-electron chi connectivity index (χ2n) is 7.49. The molecule has 2 rings (SSSR count). The number of nitrogens with zero attached hydrogens (tertiary/aromatic N) is 3. The van der Waals surface area contributed by atoms with Crippen molar-refractivity contribution in [2.24, 2.45) is 4.99 Å². The van der Waals surface area contributed by atoms with Crippen molar-refractivity contribution in [2.75, 3.05) is 59.5 Å². The Morgan fingerprint density at radius 3 is 2.53 bits per heavy atom. The molecule has 0 unspecified atom stereocenters. The molecule has 9 heteroatoms. The Morgan fingerprint density at radius 2 is 1.87 bits per heavy atom. The summed E-state index contributed by atoms with van der Waals surface area (Å²) in [7, 11) is 1.48. The van der Waals surface area contributed by atoms with Gasteiger partial charge in [-0.1, -0.05) is 24.3 Å². The number of hydrogen-bond acceptors (Lipinski definition) is 4. The van der Waals surface area contributed by atoms with Crippen LogP contribution in [-0.2, 0) is 17.8 Å². The molecule has 1 aromatic rings. The average molecular weight is 430 g/mol. The third-order valence-corrected chi connectivity index (χ3v) is 4.83. The summed E-state index contributed by atoms with van der Waals surface area (Å²) in [5.74, 6) is 0.678. The quantitative estimate of drug-likeness (QED) is 0.340. The molecule has 2 N–H and O–H groups in total. The number of nitrogens with one attached hydrogen (secondary N) is 2. The summed E-state index contributed by atoms with van der Waals surface area (Å²) in [6, 6.07) is 8.29. The van der Waals surface area contributed by atoms with Crippen molar-refractivity contribution in [3.8, 4) is 0 Å². The molecule has 170 valence electrons. The molecule has 1 aromatic carbocycles. The molecule has 0 amide bonds. The van der Waals surface area contributed by atoms with E-state index in [-0.39, 0.29) is 0 Å².